The van der Waals surface area contributed by atoms with E-state index in [0.717, 1.165) is 41.3 Å². The number of carbonyl (C=O) groups excluding carboxylic acids is 1. The van der Waals surface area contributed by atoms with Crippen LogP contribution in [0.2, 0.25) is 5.02 Å². The Morgan fingerprint density at radius 2 is 1.77 bits per heavy atom. The predicted molar refractivity (Wildman–Crippen MR) is 130 cm³/mol. The first-order valence-electron chi connectivity index (χ1n) is 12.1. The molecule has 1 aromatic heterocycles. The van der Waals surface area contributed by atoms with Crippen molar-refractivity contribution in [2.24, 2.45) is 11.8 Å². The number of pyridine rings is 1. The Bertz CT molecular complexity index is 885. The molecular formula is C27H35ClN2O. The van der Waals surface area contributed by atoms with Crippen LogP contribution in [0.5, 0.6) is 0 Å². The molecule has 0 unspecified atom stereocenters. The van der Waals surface area contributed by atoms with Gasteiger partial charge in [-0.25, -0.2) is 0 Å². The molecule has 3 nitrogen and oxygen atoms in total. The number of halogens is 1. The lowest BCUT2D eigenvalue weighted by Gasteiger charge is -2.29. The molecule has 2 saturated carbocycles. The summed E-state index contributed by atoms with van der Waals surface area (Å²) < 4.78 is 0. The molecule has 1 N–H and O–H groups in total. The van der Waals surface area contributed by atoms with Gasteiger partial charge in [0, 0.05) is 41.5 Å². The number of benzene rings is 1. The molecule has 1 heterocycles. The van der Waals surface area contributed by atoms with Crippen LogP contribution in [0.25, 0.3) is 11.1 Å². The second kappa shape index (κ2) is 10.6. The minimum absolute atomic E-state index is 0.212. The van der Waals surface area contributed by atoms with Crippen LogP contribution in [-0.4, -0.2) is 16.8 Å². The largest absolute Gasteiger partial charge is 0.382 e. The van der Waals surface area contributed by atoms with Crippen molar-refractivity contribution in [1.29, 1.82) is 0 Å². The lowest BCUT2D eigenvalue weighted by molar-refractivity contribution is -0.123. The van der Waals surface area contributed by atoms with Crippen molar-refractivity contribution in [2.75, 3.05) is 5.32 Å². The van der Waals surface area contributed by atoms with Gasteiger partial charge in [0.15, 0.2) is 0 Å². The number of Topliss-reactive ketones (excluding diaryl/α,β-unsaturated/α-hetero) is 1. The molecule has 2 aromatic rings. The summed E-state index contributed by atoms with van der Waals surface area (Å²) in [6.07, 6.45) is 14.5. The smallest absolute Gasteiger partial charge is 0.141 e. The zero-order valence-electron chi connectivity index (χ0n) is 18.7. The van der Waals surface area contributed by atoms with Crippen LogP contribution >= 0.6 is 11.6 Å². The summed E-state index contributed by atoms with van der Waals surface area (Å²) in [7, 11) is 0. The zero-order valence-corrected chi connectivity index (χ0v) is 19.5. The fourth-order valence-corrected chi connectivity index (χ4v) is 5.55. The Morgan fingerprint density at radius 3 is 2.52 bits per heavy atom. The summed E-state index contributed by atoms with van der Waals surface area (Å²) in [5.41, 5.74) is 3.98. The average molecular weight is 439 g/mol. The first-order chi connectivity index (χ1) is 15.1. The maximum atomic E-state index is 12.7. The zero-order chi connectivity index (χ0) is 21.6. The molecule has 2 aliphatic carbocycles. The summed E-state index contributed by atoms with van der Waals surface area (Å²) in [6.45, 7) is 2.30. The van der Waals surface area contributed by atoms with Gasteiger partial charge in [-0.3, -0.25) is 9.78 Å². The highest BCUT2D eigenvalue weighted by molar-refractivity contribution is 6.33. The van der Waals surface area contributed by atoms with Crippen molar-refractivity contribution < 1.29 is 4.79 Å². The third kappa shape index (κ3) is 5.88. The van der Waals surface area contributed by atoms with Crippen molar-refractivity contribution in [2.45, 2.75) is 83.6 Å². The number of nitrogens with one attached hydrogen (secondary N) is 1. The van der Waals surface area contributed by atoms with E-state index in [4.69, 9.17) is 11.6 Å². The second-order valence-corrected chi connectivity index (χ2v) is 9.95. The van der Waals surface area contributed by atoms with Crippen LogP contribution in [0.15, 0.2) is 36.5 Å². The molecule has 0 saturated heterocycles. The van der Waals surface area contributed by atoms with E-state index < -0.39 is 0 Å². The Morgan fingerprint density at radius 1 is 1.06 bits per heavy atom. The van der Waals surface area contributed by atoms with Crippen molar-refractivity contribution in [3.8, 4) is 11.1 Å². The molecule has 0 amide bonds. The van der Waals surface area contributed by atoms with Gasteiger partial charge in [-0.05, 0) is 62.3 Å². The van der Waals surface area contributed by atoms with E-state index in [1.165, 1.54) is 51.4 Å². The van der Waals surface area contributed by atoms with Crippen LogP contribution in [0.4, 0.5) is 5.69 Å². The summed E-state index contributed by atoms with van der Waals surface area (Å²) in [4.78, 5) is 17.2. The van der Waals surface area contributed by atoms with Crippen LogP contribution in [0.3, 0.4) is 0 Å². The Hall–Kier alpha value is -1.87. The highest BCUT2D eigenvalue weighted by Gasteiger charge is 2.22. The van der Waals surface area contributed by atoms with Gasteiger partial charge in [-0.1, -0.05) is 62.3 Å². The fourth-order valence-electron chi connectivity index (χ4n) is 5.34. The summed E-state index contributed by atoms with van der Waals surface area (Å²) in [6, 6.07) is 10.9. The van der Waals surface area contributed by atoms with E-state index in [2.05, 4.69) is 41.5 Å². The molecule has 4 rings (SSSR count). The number of ketones is 1. The van der Waals surface area contributed by atoms with E-state index in [1.54, 1.807) is 6.20 Å². The van der Waals surface area contributed by atoms with E-state index >= 15 is 0 Å². The lowest BCUT2D eigenvalue weighted by atomic mass is 9.84. The molecular weight excluding hydrogens is 404 g/mol. The Balaban J connectivity index is 1.47. The number of anilines is 1. The van der Waals surface area contributed by atoms with Gasteiger partial charge >= 0.3 is 0 Å². The van der Waals surface area contributed by atoms with E-state index in [0.29, 0.717) is 23.3 Å². The number of carbonyl (C=O) groups is 1. The van der Waals surface area contributed by atoms with Crippen molar-refractivity contribution >= 4 is 23.1 Å². The molecule has 166 valence electrons. The van der Waals surface area contributed by atoms with Crippen molar-refractivity contribution in [3.05, 3.63) is 47.2 Å². The van der Waals surface area contributed by atoms with Gasteiger partial charge in [-0.2, -0.15) is 0 Å². The van der Waals surface area contributed by atoms with Gasteiger partial charge < -0.3 is 5.32 Å². The highest BCUT2D eigenvalue weighted by atomic mass is 35.5. The topological polar surface area (TPSA) is 42.0 Å². The average Bonchev–Trinajstić information content (AvgIpc) is 2.81. The van der Waals surface area contributed by atoms with Gasteiger partial charge in [0.25, 0.3) is 0 Å². The summed E-state index contributed by atoms with van der Waals surface area (Å²) in [5, 5.41) is 4.35. The van der Waals surface area contributed by atoms with E-state index in [-0.39, 0.29) is 5.92 Å². The first-order valence-corrected chi connectivity index (χ1v) is 12.5. The molecule has 1 aromatic carbocycles. The number of hydrogen-bond donors (Lipinski definition) is 1. The summed E-state index contributed by atoms with van der Waals surface area (Å²) in [5.74, 6) is 1.29. The molecule has 0 radical (unpaired) electrons. The first kappa shape index (κ1) is 22.3. The molecule has 1 atom stereocenters. The van der Waals surface area contributed by atoms with Crippen LogP contribution in [-0.2, 0) is 11.2 Å². The molecule has 0 aliphatic heterocycles. The molecule has 0 bridgehead atoms. The highest BCUT2D eigenvalue weighted by Crippen LogP contribution is 2.32. The predicted octanol–water partition coefficient (Wildman–Crippen LogP) is 7.47. The molecule has 31 heavy (non-hydrogen) atoms. The normalized spacial score (nSPS) is 19.2. The van der Waals surface area contributed by atoms with E-state index in [9.17, 15) is 4.79 Å². The Kier molecular flexibility index (Phi) is 7.66. The number of hydrogen-bond acceptors (Lipinski definition) is 3. The Labute approximate surface area is 192 Å². The minimum atomic E-state index is 0.212. The number of rotatable bonds is 7. The third-order valence-electron chi connectivity index (χ3n) is 7.25. The monoisotopic (exact) mass is 438 g/mol. The fraction of sp³-hybridized carbons (Fsp3) is 0.556. The summed E-state index contributed by atoms with van der Waals surface area (Å²) >= 11 is 6.53. The van der Waals surface area contributed by atoms with Gasteiger partial charge in [0.2, 0.25) is 0 Å². The number of nitrogens with zero attached hydrogens (tertiary/aromatic N) is 1. The van der Waals surface area contributed by atoms with Gasteiger partial charge in [0.05, 0.1) is 5.02 Å². The van der Waals surface area contributed by atoms with E-state index in [1.807, 2.05) is 6.07 Å². The number of aromatic nitrogens is 1. The maximum Gasteiger partial charge on any atom is 0.141 e. The molecule has 0 spiro atoms. The van der Waals surface area contributed by atoms with Crippen LogP contribution in [0, 0.1) is 11.8 Å². The minimum Gasteiger partial charge on any atom is -0.382 e. The second-order valence-electron chi connectivity index (χ2n) is 9.55. The molecule has 2 fully saturated rings. The SMILES string of the molecule is C[C@H](Nc1cccc(-c2cc(CC(=O)C3CCCCC3)ncc2Cl)c1)C1CCCCC1. The van der Waals surface area contributed by atoms with Gasteiger partial charge in [0.1, 0.15) is 5.78 Å². The molecule has 4 heteroatoms. The van der Waals surface area contributed by atoms with Gasteiger partial charge in [-0.15, -0.1) is 0 Å². The maximum absolute atomic E-state index is 12.7. The standard InChI is InChI=1S/C27H35ClN2O/c1-19(20-9-4-2-5-10-20)30-23-14-8-13-22(15-23)25-16-24(29-18-26(25)28)17-27(31)21-11-6-3-7-12-21/h8,13-16,18-21,30H,2-7,9-12,17H2,1H3/t19-/m0/s1. The van der Waals surface area contributed by atoms with Crippen molar-refractivity contribution in [1.82, 2.24) is 4.98 Å². The third-order valence-corrected chi connectivity index (χ3v) is 7.55. The van der Waals surface area contributed by atoms with Crippen molar-refractivity contribution in [3.63, 3.8) is 0 Å². The quantitative estimate of drug-likeness (QED) is 0.487. The van der Waals surface area contributed by atoms with Crippen LogP contribution < -0.4 is 5.32 Å². The van der Waals surface area contributed by atoms with Crippen LogP contribution in [0.1, 0.15) is 76.8 Å². The molecule has 2 aliphatic rings. The lowest BCUT2D eigenvalue weighted by Crippen LogP contribution is -2.27.